The van der Waals surface area contributed by atoms with E-state index in [1.807, 2.05) is 42.5 Å². The van der Waals surface area contributed by atoms with E-state index in [4.69, 9.17) is 4.74 Å². The first-order valence-corrected chi connectivity index (χ1v) is 9.46. The van der Waals surface area contributed by atoms with Crippen molar-refractivity contribution in [3.05, 3.63) is 58.1 Å². The molecular formula is C17H18BrNO3S. The van der Waals surface area contributed by atoms with Gasteiger partial charge in [0.1, 0.15) is 10.5 Å². The normalized spacial score (nSPS) is 17.8. The van der Waals surface area contributed by atoms with E-state index in [0.29, 0.717) is 6.54 Å². The molecule has 0 spiro atoms. The van der Waals surface area contributed by atoms with Gasteiger partial charge in [0.25, 0.3) is 0 Å². The lowest BCUT2D eigenvalue weighted by Crippen LogP contribution is -2.35. The van der Waals surface area contributed by atoms with E-state index >= 15 is 0 Å². The number of methoxy groups -OCH3 is 1. The van der Waals surface area contributed by atoms with E-state index in [9.17, 15) is 8.42 Å². The Hall–Kier alpha value is -1.53. The number of nitrogens with zero attached hydrogens (tertiary/aromatic N) is 1. The molecule has 1 heterocycles. The molecule has 0 amide bonds. The molecule has 0 bridgehead atoms. The topological polar surface area (TPSA) is 46.6 Å². The summed E-state index contributed by atoms with van der Waals surface area (Å²) in [5.41, 5.74) is 2.48. The van der Waals surface area contributed by atoms with Gasteiger partial charge in [-0.2, -0.15) is 0 Å². The molecule has 122 valence electrons. The van der Waals surface area contributed by atoms with E-state index in [-0.39, 0.29) is 0 Å². The van der Waals surface area contributed by atoms with Crippen molar-refractivity contribution in [3.8, 4) is 5.75 Å². The summed E-state index contributed by atoms with van der Waals surface area (Å²) in [5, 5.41) is 0. The number of halogens is 1. The summed E-state index contributed by atoms with van der Waals surface area (Å²) in [5.74, 6) is 0.752. The van der Waals surface area contributed by atoms with Crippen LogP contribution in [0.5, 0.6) is 5.75 Å². The van der Waals surface area contributed by atoms with E-state index in [1.54, 1.807) is 21.0 Å². The highest BCUT2D eigenvalue weighted by Crippen LogP contribution is 2.48. The Morgan fingerprint density at radius 2 is 1.78 bits per heavy atom. The van der Waals surface area contributed by atoms with Crippen LogP contribution in [-0.2, 0) is 21.3 Å². The van der Waals surface area contributed by atoms with Crippen LogP contribution in [0.2, 0.25) is 0 Å². The molecule has 0 fully saturated rings. The smallest absolute Gasteiger partial charge is 0.244 e. The van der Waals surface area contributed by atoms with Gasteiger partial charge in [0.2, 0.25) is 10.0 Å². The van der Waals surface area contributed by atoms with Crippen molar-refractivity contribution in [2.75, 3.05) is 11.4 Å². The predicted octanol–water partition coefficient (Wildman–Crippen LogP) is 4.04. The largest absolute Gasteiger partial charge is 0.497 e. The lowest BCUT2D eigenvalue weighted by Gasteiger charge is -2.23. The minimum atomic E-state index is -3.47. The molecule has 1 aliphatic heterocycles. The second-order valence-electron chi connectivity index (χ2n) is 6.03. The Morgan fingerprint density at radius 3 is 2.39 bits per heavy atom. The van der Waals surface area contributed by atoms with Crippen molar-refractivity contribution in [1.29, 1.82) is 0 Å². The Labute approximate surface area is 145 Å². The van der Waals surface area contributed by atoms with Crippen LogP contribution in [0.15, 0.2) is 46.9 Å². The Balaban J connectivity index is 2.05. The average Bonchev–Trinajstić information content (AvgIpc) is 2.66. The maximum Gasteiger partial charge on any atom is 0.244 e. The Kier molecular flexibility index (Phi) is 3.92. The number of fused-ring (bicyclic) bond motifs is 1. The number of hydrogen-bond donors (Lipinski definition) is 0. The second-order valence-corrected chi connectivity index (χ2v) is 9.36. The molecule has 0 aliphatic carbocycles. The number of anilines is 1. The second kappa shape index (κ2) is 5.53. The summed E-state index contributed by atoms with van der Waals surface area (Å²) in [7, 11) is -1.87. The summed E-state index contributed by atoms with van der Waals surface area (Å²) in [4.78, 5) is 0. The van der Waals surface area contributed by atoms with Gasteiger partial charge in [0, 0.05) is 10.0 Å². The van der Waals surface area contributed by atoms with E-state index < -0.39 is 14.8 Å². The molecule has 1 aliphatic rings. The molecule has 0 atom stereocenters. The summed E-state index contributed by atoms with van der Waals surface area (Å²) < 4.78 is 32.6. The van der Waals surface area contributed by atoms with Crippen LogP contribution in [0.3, 0.4) is 0 Å². The van der Waals surface area contributed by atoms with Gasteiger partial charge in [-0.1, -0.05) is 28.1 Å². The van der Waals surface area contributed by atoms with Crippen LogP contribution in [0.1, 0.15) is 25.0 Å². The first-order chi connectivity index (χ1) is 10.8. The van der Waals surface area contributed by atoms with Crippen LogP contribution in [0, 0.1) is 0 Å². The zero-order valence-corrected chi connectivity index (χ0v) is 15.6. The highest BCUT2D eigenvalue weighted by molar-refractivity contribution is 9.10. The fourth-order valence-corrected chi connectivity index (χ4v) is 4.91. The predicted molar refractivity (Wildman–Crippen MR) is 95.3 cm³/mol. The lowest BCUT2D eigenvalue weighted by atomic mass is 10.0. The number of ether oxygens (including phenoxy) is 1. The van der Waals surface area contributed by atoms with Crippen LogP contribution in [-0.4, -0.2) is 15.5 Å². The van der Waals surface area contributed by atoms with Crippen LogP contribution in [0.25, 0.3) is 0 Å². The molecular weight excluding hydrogens is 378 g/mol. The zero-order chi connectivity index (χ0) is 16.8. The molecule has 2 aromatic carbocycles. The number of sulfonamides is 1. The monoisotopic (exact) mass is 395 g/mol. The molecule has 23 heavy (non-hydrogen) atoms. The molecule has 2 aromatic rings. The van der Waals surface area contributed by atoms with Gasteiger partial charge in [-0.25, -0.2) is 8.42 Å². The molecule has 0 unspecified atom stereocenters. The van der Waals surface area contributed by atoms with Gasteiger partial charge >= 0.3 is 0 Å². The van der Waals surface area contributed by atoms with Gasteiger partial charge in [-0.15, -0.1) is 0 Å². The van der Waals surface area contributed by atoms with E-state index in [1.165, 1.54) is 4.31 Å². The molecule has 0 aromatic heterocycles. The highest BCUT2D eigenvalue weighted by Gasteiger charge is 2.49. The maximum absolute atomic E-state index is 13.0. The van der Waals surface area contributed by atoms with Gasteiger partial charge < -0.3 is 4.74 Å². The van der Waals surface area contributed by atoms with Gasteiger partial charge in [0.05, 0.1) is 19.3 Å². The average molecular weight is 396 g/mol. The molecule has 0 radical (unpaired) electrons. The SMILES string of the molecule is COc1ccc(CN2c3ccc(Br)cc3C(C)(C)S2(=O)=O)cc1. The third-order valence-electron chi connectivity index (χ3n) is 4.30. The molecule has 6 heteroatoms. The number of hydrogen-bond acceptors (Lipinski definition) is 3. The van der Waals surface area contributed by atoms with Crippen LogP contribution < -0.4 is 9.04 Å². The van der Waals surface area contributed by atoms with Crippen LogP contribution >= 0.6 is 15.9 Å². The number of benzene rings is 2. The summed E-state index contributed by atoms with van der Waals surface area (Å²) in [6, 6.07) is 13.1. The molecule has 3 rings (SSSR count). The van der Waals surface area contributed by atoms with Crippen molar-refractivity contribution < 1.29 is 13.2 Å². The summed E-state index contributed by atoms with van der Waals surface area (Å²) in [6.45, 7) is 3.81. The first kappa shape index (κ1) is 16.3. The Bertz CT molecular complexity index is 845. The van der Waals surface area contributed by atoms with E-state index in [0.717, 1.165) is 27.0 Å². The maximum atomic E-state index is 13.0. The first-order valence-electron chi connectivity index (χ1n) is 7.22. The third-order valence-corrected chi connectivity index (χ3v) is 7.21. The van der Waals surface area contributed by atoms with Crippen molar-refractivity contribution in [2.45, 2.75) is 25.1 Å². The summed E-state index contributed by atoms with van der Waals surface area (Å²) >= 11 is 3.43. The standard InChI is InChI=1S/C17H18BrNO3S/c1-17(2)15-10-13(18)6-9-16(15)19(23(17,20)21)11-12-4-7-14(22-3)8-5-12/h4-10H,11H2,1-3H3. The van der Waals surface area contributed by atoms with Crippen molar-refractivity contribution in [2.24, 2.45) is 0 Å². The zero-order valence-electron chi connectivity index (χ0n) is 13.2. The quantitative estimate of drug-likeness (QED) is 0.787. The minimum absolute atomic E-state index is 0.310. The Morgan fingerprint density at radius 1 is 1.13 bits per heavy atom. The highest BCUT2D eigenvalue weighted by atomic mass is 79.9. The fraction of sp³-hybridized carbons (Fsp3) is 0.294. The molecule has 4 nitrogen and oxygen atoms in total. The van der Waals surface area contributed by atoms with E-state index in [2.05, 4.69) is 15.9 Å². The molecule has 0 saturated carbocycles. The van der Waals surface area contributed by atoms with Gasteiger partial charge in [0.15, 0.2) is 0 Å². The molecule has 0 N–H and O–H groups in total. The van der Waals surface area contributed by atoms with Crippen molar-refractivity contribution in [1.82, 2.24) is 0 Å². The third kappa shape index (κ3) is 2.54. The molecule has 0 saturated heterocycles. The lowest BCUT2D eigenvalue weighted by molar-refractivity contribution is 0.414. The number of rotatable bonds is 3. The van der Waals surface area contributed by atoms with Crippen molar-refractivity contribution in [3.63, 3.8) is 0 Å². The van der Waals surface area contributed by atoms with Crippen molar-refractivity contribution >= 4 is 31.6 Å². The van der Waals surface area contributed by atoms with Gasteiger partial charge in [-0.3, -0.25) is 4.31 Å². The fourth-order valence-electron chi connectivity index (χ4n) is 2.82. The summed E-state index contributed by atoms with van der Waals surface area (Å²) in [6.07, 6.45) is 0. The minimum Gasteiger partial charge on any atom is -0.497 e. The van der Waals surface area contributed by atoms with Crippen LogP contribution in [0.4, 0.5) is 5.69 Å². The van der Waals surface area contributed by atoms with Gasteiger partial charge in [-0.05, 0) is 49.7 Å².